The quantitative estimate of drug-likeness (QED) is 0.785. The summed E-state index contributed by atoms with van der Waals surface area (Å²) >= 11 is 0. The Bertz CT molecular complexity index is 378. The van der Waals surface area contributed by atoms with E-state index in [0.29, 0.717) is 11.8 Å². The maximum Gasteiger partial charge on any atom is 0.115 e. The Morgan fingerprint density at radius 3 is 3.05 bits per heavy atom. The molecule has 0 amide bonds. The maximum absolute atomic E-state index is 9.53. The first-order valence-electron chi connectivity index (χ1n) is 7.00. The number of hydrogen-bond donors (Lipinski definition) is 2. The number of rotatable bonds is 7. The van der Waals surface area contributed by atoms with Gasteiger partial charge in [-0.05, 0) is 37.1 Å². The minimum atomic E-state index is 0.336. The average molecular weight is 264 g/mol. The Kier molecular flexibility index (Phi) is 5.63. The third-order valence-corrected chi connectivity index (χ3v) is 3.57. The molecule has 0 saturated carbocycles. The van der Waals surface area contributed by atoms with E-state index < -0.39 is 0 Å². The SMILES string of the molecule is COCCN(Cc1cccc(O)c1)CC1CCCN1. The van der Waals surface area contributed by atoms with E-state index in [2.05, 4.69) is 16.3 Å². The number of nitrogens with zero attached hydrogens (tertiary/aromatic N) is 1. The van der Waals surface area contributed by atoms with Crippen LogP contribution in [0.25, 0.3) is 0 Å². The smallest absolute Gasteiger partial charge is 0.115 e. The highest BCUT2D eigenvalue weighted by atomic mass is 16.5. The van der Waals surface area contributed by atoms with Gasteiger partial charge >= 0.3 is 0 Å². The molecule has 4 nitrogen and oxygen atoms in total. The van der Waals surface area contributed by atoms with Gasteiger partial charge in [0.15, 0.2) is 0 Å². The van der Waals surface area contributed by atoms with E-state index in [1.165, 1.54) is 12.8 Å². The molecule has 4 heteroatoms. The molecule has 0 radical (unpaired) electrons. The normalized spacial score (nSPS) is 19.2. The Morgan fingerprint density at radius 1 is 1.47 bits per heavy atom. The highest BCUT2D eigenvalue weighted by molar-refractivity contribution is 5.27. The van der Waals surface area contributed by atoms with Gasteiger partial charge in [0.2, 0.25) is 0 Å². The summed E-state index contributed by atoms with van der Waals surface area (Å²) in [5.74, 6) is 0.336. The molecule has 0 aliphatic carbocycles. The van der Waals surface area contributed by atoms with Gasteiger partial charge in [-0.25, -0.2) is 0 Å². The number of phenols is 1. The summed E-state index contributed by atoms with van der Waals surface area (Å²) in [6.45, 7) is 4.69. The number of phenolic OH excluding ortho intramolecular Hbond substituents is 1. The summed E-state index contributed by atoms with van der Waals surface area (Å²) in [5, 5.41) is 13.1. The molecule has 1 aliphatic rings. The molecule has 0 bridgehead atoms. The molecular formula is C15H24N2O2. The molecule has 1 aromatic rings. The molecular weight excluding hydrogens is 240 g/mol. The largest absolute Gasteiger partial charge is 0.508 e. The molecule has 1 aliphatic heterocycles. The van der Waals surface area contributed by atoms with E-state index in [9.17, 15) is 5.11 Å². The number of methoxy groups -OCH3 is 1. The fourth-order valence-electron chi connectivity index (χ4n) is 2.59. The van der Waals surface area contributed by atoms with Crippen LogP contribution in [0.2, 0.25) is 0 Å². The van der Waals surface area contributed by atoms with E-state index >= 15 is 0 Å². The Morgan fingerprint density at radius 2 is 2.37 bits per heavy atom. The monoisotopic (exact) mass is 264 g/mol. The van der Waals surface area contributed by atoms with Crippen molar-refractivity contribution in [1.29, 1.82) is 0 Å². The molecule has 1 unspecified atom stereocenters. The Balaban J connectivity index is 1.92. The second-order valence-corrected chi connectivity index (χ2v) is 5.19. The molecule has 1 saturated heterocycles. The van der Waals surface area contributed by atoms with Crippen molar-refractivity contribution in [3.63, 3.8) is 0 Å². The molecule has 1 fully saturated rings. The number of hydrogen-bond acceptors (Lipinski definition) is 4. The summed E-state index contributed by atoms with van der Waals surface area (Å²) in [6.07, 6.45) is 2.53. The van der Waals surface area contributed by atoms with Crippen molar-refractivity contribution in [1.82, 2.24) is 10.2 Å². The number of benzene rings is 1. The lowest BCUT2D eigenvalue weighted by Gasteiger charge is -2.25. The van der Waals surface area contributed by atoms with Crippen molar-refractivity contribution >= 4 is 0 Å². The van der Waals surface area contributed by atoms with Crippen LogP contribution in [0, 0.1) is 0 Å². The minimum Gasteiger partial charge on any atom is -0.508 e. The van der Waals surface area contributed by atoms with Crippen molar-refractivity contribution in [2.24, 2.45) is 0 Å². The fourth-order valence-corrected chi connectivity index (χ4v) is 2.59. The standard InChI is InChI=1S/C15H24N2O2/c1-19-9-8-17(12-14-5-3-7-16-14)11-13-4-2-6-15(18)10-13/h2,4,6,10,14,16,18H,3,5,7-9,11-12H2,1H3. The maximum atomic E-state index is 9.53. The molecule has 0 aromatic heterocycles. The van der Waals surface area contributed by atoms with Gasteiger partial charge in [0.25, 0.3) is 0 Å². The fraction of sp³-hybridized carbons (Fsp3) is 0.600. The molecule has 2 N–H and O–H groups in total. The molecule has 1 heterocycles. The second-order valence-electron chi connectivity index (χ2n) is 5.19. The van der Waals surface area contributed by atoms with Gasteiger partial charge < -0.3 is 15.2 Å². The molecule has 106 valence electrons. The van der Waals surface area contributed by atoms with E-state index in [1.807, 2.05) is 12.1 Å². The summed E-state index contributed by atoms with van der Waals surface area (Å²) in [6, 6.07) is 8.09. The predicted molar refractivity (Wildman–Crippen MR) is 76.3 cm³/mol. The van der Waals surface area contributed by atoms with Crippen LogP contribution < -0.4 is 5.32 Å². The van der Waals surface area contributed by atoms with Crippen LogP contribution in [0.1, 0.15) is 18.4 Å². The van der Waals surface area contributed by atoms with E-state index in [1.54, 1.807) is 13.2 Å². The van der Waals surface area contributed by atoms with Crippen LogP contribution in [0.15, 0.2) is 24.3 Å². The van der Waals surface area contributed by atoms with Crippen molar-refractivity contribution in [3.05, 3.63) is 29.8 Å². The van der Waals surface area contributed by atoms with Crippen molar-refractivity contribution in [3.8, 4) is 5.75 Å². The van der Waals surface area contributed by atoms with E-state index in [-0.39, 0.29) is 0 Å². The first kappa shape index (κ1) is 14.3. The lowest BCUT2D eigenvalue weighted by molar-refractivity contribution is 0.138. The van der Waals surface area contributed by atoms with Crippen LogP contribution in [0.5, 0.6) is 5.75 Å². The summed E-state index contributed by atoms with van der Waals surface area (Å²) in [7, 11) is 1.74. The highest BCUT2D eigenvalue weighted by Crippen LogP contribution is 2.14. The zero-order valence-electron chi connectivity index (χ0n) is 11.6. The Hall–Kier alpha value is -1.10. The van der Waals surface area contributed by atoms with Gasteiger partial charge in [-0.15, -0.1) is 0 Å². The number of nitrogens with one attached hydrogen (secondary N) is 1. The zero-order chi connectivity index (χ0) is 13.5. The van der Waals surface area contributed by atoms with Gasteiger partial charge in [0.05, 0.1) is 6.61 Å². The first-order chi connectivity index (χ1) is 9.28. The topological polar surface area (TPSA) is 44.7 Å². The van der Waals surface area contributed by atoms with Gasteiger partial charge in [0, 0.05) is 32.8 Å². The summed E-state index contributed by atoms with van der Waals surface area (Å²) < 4.78 is 5.19. The summed E-state index contributed by atoms with van der Waals surface area (Å²) in [4.78, 5) is 2.39. The van der Waals surface area contributed by atoms with Crippen LogP contribution in [0.3, 0.4) is 0 Å². The Labute approximate surface area is 115 Å². The van der Waals surface area contributed by atoms with E-state index in [0.717, 1.165) is 38.3 Å². The van der Waals surface area contributed by atoms with Gasteiger partial charge in [-0.1, -0.05) is 12.1 Å². The minimum absolute atomic E-state index is 0.336. The van der Waals surface area contributed by atoms with Crippen molar-refractivity contribution < 1.29 is 9.84 Å². The third-order valence-electron chi connectivity index (χ3n) is 3.57. The van der Waals surface area contributed by atoms with Crippen LogP contribution in [0.4, 0.5) is 0 Å². The second kappa shape index (κ2) is 7.48. The lowest BCUT2D eigenvalue weighted by Crippen LogP contribution is -2.38. The molecule has 19 heavy (non-hydrogen) atoms. The lowest BCUT2D eigenvalue weighted by atomic mass is 10.1. The molecule has 1 aromatic carbocycles. The number of aromatic hydroxyl groups is 1. The van der Waals surface area contributed by atoms with Crippen LogP contribution >= 0.6 is 0 Å². The van der Waals surface area contributed by atoms with E-state index in [4.69, 9.17) is 4.74 Å². The third kappa shape index (κ3) is 4.82. The molecule has 2 rings (SSSR count). The average Bonchev–Trinajstić information content (AvgIpc) is 2.89. The van der Waals surface area contributed by atoms with Gasteiger partial charge in [-0.3, -0.25) is 4.90 Å². The van der Waals surface area contributed by atoms with Crippen LogP contribution in [-0.4, -0.2) is 49.4 Å². The summed E-state index contributed by atoms with van der Waals surface area (Å²) in [5.41, 5.74) is 1.15. The van der Waals surface area contributed by atoms with Crippen molar-refractivity contribution in [2.45, 2.75) is 25.4 Å². The molecule has 0 spiro atoms. The van der Waals surface area contributed by atoms with Crippen LogP contribution in [-0.2, 0) is 11.3 Å². The first-order valence-corrected chi connectivity index (χ1v) is 7.00. The van der Waals surface area contributed by atoms with Crippen molar-refractivity contribution in [2.75, 3.05) is 33.4 Å². The van der Waals surface area contributed by atoms with Gasteiger partial charge in [-0.2, -0.15) is 0 Å². The predicted octanol–water partition coefficient (Wildman–Crippen LogP) is 1.59. The molecule has 1 atom stereocenters. The zero-order valence-corrected chi connectivity index (χ0v) is 11.6. The number of ether oxygens (including phenoxy) is 1. The van der Waals surface area contributed by atoms with Gasteiger partial charge in [0.1, 0.15) is 5.75 Å². The highest BCUT2D eigenvalue weighted by Gasteiger charge is 2.17.